The Bertz CT molecular complexity index is 770. The molecule has 1 atom stereocenters. The lowest BCUT2D eigenvalue weighted by atomic mass is 9.98. The first kappa shape index (κ1) is 16.6. The summed E-state index contributed by atoms with van der Waals surface area (Å²) in [5, 5.41) is 5.21. The average molecular weight is 317 g/mol. The van der Waals surface area contributed by atoms with Crippen LogP contribution in [-0.2, 0) is 0 Å². The molecular formula is C16H19N3O4. The molecule has 7 nitrogen and oxygen atoms in total. The standard InChI is InChI=1S/C16H19N3O4/c1-9(18-19-17)10-8-13(22-4)14-11(20-2)6-7-12(21-3)15(14)16(10)23-5/h6-9H,1-5H3. The van der Waals surface area contributed by atoms with Gasteiger partial charge in [-0.05, 0) is 23.7 Å². The Morgan fingerprint density at radius 1 is 0.913 bits per heavy atom. The molecule has 2 aromatic carbocycles. The molecule has 2 aromatic rings. The molecule has 0 aromatic heterocycles. The normalized spacial score (nSPS) is 11.5. The van der Waals surface area contributed by atoms with Crippen LogP contribution in [-0.4, -0.2) is 28.4 Å². The molecule has 7 heteroatoms. The quantitative estimate of drug-likeness (QED) is 0.453. The average Bonchev–Trinajstić information content (AvgIpc) is 2.59. The van der Waals surface area contributed by atoms with E-state index in [2.05, 4.69) is 10.0 Å². The Hall–Kier alpha value is -2.79. The second-order valence-corrected chi connectivity index (χ2v) is 4.80. The summed E-state index contributed by atoms with van der Waals surface area (Å²) in [5.74, 6) is 2.41. The summed E-state index contributed by atoms with van der Waals surface area (Å²) < 4.78 is 22.0. The fourth-order valence-corrected chi connectivity index (χ4v) is 2.63. The highest BCUT2D eigenvalue weighted by molar-refractivity contribution is 6.03. The van der Waals surface area contributed by atoms with Gasteiger partial charge >= 0.3 is 0 Å². The van der Waals surface area contributed by atoms with E-state index in [0.29, 0.717) is 33.9 Å². The van der Waals surface area contributed by atoms with Crippen molar-refractivity contribution in [1.29, 1.82) is 0 Å². The van der Waals surface area contributed by atoms with Gasteiger partial charge < -0.3 is 18.9 Å². The van der Waals surface area contributed by atoms with Gasteiger partial charge in [0.25, 0.3) is 0 Å². The van der Waals surface area contributed by atoms with E-state index in [4.69, 9.17) is 24.5 Å². The Morgan fingerprint density at radius 3 is 1.96 bits per heavy atom. The largest absolute Gasteiger partial charge is 0.496 e. The van der Waals surface area contributed by atoms with Gasteiger partial charge in [-0.1, -0.05) is 12.0 Å². The lowest BCUT2D eigenvalue weighted by Gasteiger charge is -2.20. The number of hydrogen-bond acceptors (Lipinski definition) is 5. The second-order valence-electron chi connectivity index (χ2n) is 4.80. The molecule has 0 amide bonds. The van der Waals surface area contributed by atoms with E-state index in [9.17, 15) is 0 Å². The summed E-state index contributed by atoms with van der Waals surface area (Å²) in [6.07, 6.45) is 0. The Kier molecular flexibility index (Phi) is 5.03. The summed E-state index contributed by atoms with van der Waals surface area (Å²) in [7, 11) is 6.30. The second kappa shape index (κ2) is 6.98. The Morgan fingerprint density at radius 2 is 1.48 bits per heavy atom. The van der Waals surface area contributed by atoms with E-state index in [0.717, 1.165) is 5.39 Å². The molecule has 0 fully saturated rings. The maximum atomic E-state index is 8.73. The number of ether oxygens (including phenoxy) is 4. The van der Waals surface area contributed by atoms with Gasteiger partial charge in [0.05, 0.1) is 45.3 Å². The Balaban J connectivity index is 2.99. The summed E-state index contributed by atoms with van der Waals surface area (Å²) in [6.45, 7) is 1.79. The van der Waals surface area contributed by atoms with Crippen LogP contribution in [0.25, 0.3) is 21.2 Å². The van der Waals surface area contributed by atoms with Crippen molar-refractivity contribution in [2.75, 3.05) is 28.4 Å². The topological polar surface area (TPSA) is 85.7 Å². The number of hydrogen-bond donors (Lipinski definition) is 0. The molecule has 1 unspecified atom stereocenters. The molecule has 0 aliphatic rings. The minimum absolute atomic E-state index is 0.427. The molecular weight excluding hydrogens is 298 g/mol. The highest BCUT2D eigenvalue weighted by Gasteiger charge is 2.22. The summed E-state index contributed by atoms with van der Waals surface area (Å²) in [6, 6.07) is 4.97. The third-order valence-corrected chi connectivity index (χ3v) is 3.69. The molecule has 0 saturated heterocycles. The van der Waals surface area contributed by atoms with Crippen molar-refractivity contribution in [1.82, 2.24) is 0 Å². The maximum Gasteiger partial charge on any atom is 0.134 e. The first-order chi connectivity index (χ1) is 11.1. The molecule has 0 heterocycles. The van der Waals surface area contributed by atoms with Crippen molar-refractivity contribution >= 4 is 10.8 Å². The molecule has 0 N–H and O–H groups in total. The van der Waals surface area contributed by atoms with Gasteiger partial charge in [0.15, 0.2) is 0 Å². The third-order valence-electron chi connectivity index (χ3n) is 3.69. The minimum Gasteiger partial charge on any atom is -0.496 e. The van der Waals surface area contributed by atoms with Gasteiger partial charge in [-0.25, -0.2) is 0 Å². The predicted octanol–water partition coefficient (Wildman–Crippen LogP) is 4.25. The van der Waals surface area contributed by atoms with Crippen LogP contribution in [0.3, 0.4) is 0 Å². The van der Waals surface area contributed by atoms with Crippen LogP contribution < -0.4 is 18.9 Å². The summed E-state index contributed by atoms with van der Waals surface area (Å²) in [5.41, 5.74) is 9.44. The van der Waals surface area contributed by atoms with E-state index >= 15 is 0 Å². The monoisotopic (exact) mass is 317 g/mol. The van der Waals surface area contributed by atoms with Gasteiger partial charge in [-0.2, -0.15) is 0 Å². The first-order valence-electron chi connectivity index (χ1n) is 6.96. The van der Waals surface area contributed by atoms with Crippen molar-refractivity contribution < 1.29 is 18.9 Å². The van der Waals surface area contributed by atoms with Crippen molar-refractivity contribution in [3.8, 4) is 23.0 Å². The van der Waals surface area contributed by atoms with Crippen molar-refractivity contribution in [2.45, 2.75) is 13.0 Å². The zero-order chi connectivity index (χ0) is 17.0. The highest BCUT2D eigenvalue weighted by Crippen LogP contribution is 2.48. The van der Waals surface area contributed by atoms with E-state index in [1.807, 2.05) is 0 Å². The van der Waals surface area contributed by atoms with Crippen LogP contribution in [0.4, 0.5) is 0 Å². The zero-order valence-electron chi connectivity index (χ0n) is 13.8. The molecule has 0 bridgehead atoms. The van der Waals surface area contributed by atoms with Gasteiger partial charge in [0.2, 0.25) is 0 Å². The van der Waals surface area contributed by atoms with Crippen molar-refractivity contribution in [3.63, 3.8) is 0 Å². The minimum atomic E-state index is -0.427. The SMILES string of the molecule is COc1ccc(OC)c2c(OC)c(C(C)N=[N+]=[N-])cc(OC)c12. The van der Waals surface area contributed by atoms with E-state index in [1.165, 1.54) is 0 Å². The molecule has 122 valence electrons. The number of fused-ring (bicyclic) bond motifs is 1. The first-order valence-corrected chi connectivity index (χ1v) is 6.96. The van der Waals surface area contributed by atoms with Gasteiger partial charge in [0, 0.05) is 10.5 Å². The lowest BCUT2D eigenvalue weighted by Crippen LogP contribution is -2.01. The van der Waals surface area contributed by atoms with Crippen LogP contribution in [0.15, 0.2) is 23.3 Å². The van der Waals surface area contributed by atoms with Crippen LogP contribution in [0.5, 0.6) is 23.0 Å². The molecule has 23 heavy (non-hydrogen) atoms. The molecule has 0 spiro atoms. The smallest absolute Gasteiger partial charge is 0.134 e. The van der Waals surface area contributed by atoms with Gasteiger partial charge in [-0.3, -0.25) is 0 Å². The third kappa shape index (κ3) is 2.78. The predicted molar refractivity (Wildman–Crippen MR) is 87.7 cm³/mol. The zero-order valence-corrected chi connectivity index (χ0v) is 13.8. The maximum absolute atomic E-state index is 8.73. The van der Waals surface area contributed by atoms with Crippen molar-refractivity contribution in [3.05, 3.63) is 34.2 Å². The number of benzene rings is 2. The highest BCUT2D eigenvalue weighted by atomic mass is 16.5. The summed E-state index contributed by atoms with van der Waals surface area (Å²) >= 11 is 0. The van der Waals surface area contributed by atoms with Crippen LogP contribution in [0.1, 0.15) is 18.5 Å². The molecule has 0 saturated carbocycles. The van der Waals surface area contributed by atoms with E-state index in [1.54, 1.807) is 53.6 Å². The van der Waals surface area contributed by atoms with Crippen LogP contribution in [0, 0.1) is 0 Å². The molecule has 0 aliphatic heterocycles. The molecule has 0 aliphatic carbocycles. The van der Waals surface area contributed by atoms with Crippen LogP contribution in [0.2, 0.25) is 0 Å². The molecule has 0 radical (unpaired) electrons. The Labute approximate surface area is 134 Å². The van der Waals surface area contributed by atoms with Crippen molar-refractivity contribution in [2.24, 2.45) is 5.11 Å². The fourth-order valence-electron chi connectivity index (χ4n) is 2.63. The van der Waals surface area contributed by atoms with Gasteiger partial charge in [-0.15, -0.1) is 0 Å². The number of rotatable bonds is 6. The summed E-state index contributed by atoms with van der Waals surface area (Å²) in [4.78, 5) is 2.87. The number of azide groups is 1. The van der Waals surface area contributed by atoms with E-state index in [-0.39, 0.29) is 0 Å². The number of nitrogens with zero attached hydrogens (tertiary/aromatic N) is 3. The lowest BCUT2D eigenvalue weighted by molar-refractivity contribution is 0.388. The number of methoxy groups -OCH3 is 4. The van der Waals surface area contributed by atoms with Gasteiger partial charge in [0.1, 0.15) is 23.0 Å². The van der Waals surface area contributed by atoms with E-state index < -0.39 is 6.04 Å². The molecule has 2 rings (SSSR count). The fraction of sp³-hybridized carbons (Fsp3) is 0.375. The van der Waals surface area contributed by atoms with Crippen LogP contribution >= 0.6 is 0 Å².